The molecule has 0 amide bonds. The monoisotopic (exact) mass is 235 g/mol. The molecule has 1 atom stereocenters. The van der Waals surface area contributed by atoms with Crippen molar-refractivity contribution in [2.45, 2.75) is 12.5 Å². The Morgan fingerprint density at radius 1 is 1.59 bits per heavy atom. The van der Waals surface area contributed by atoms with Gasteiger partial charge in [0.1, 0.15) is 6.04 Å². The Balaban J connectivity index is 2.40. The van der Waals surface area contributed by atoms with Crippen molar-refractivity contribution in [1.82, 2.24) is 9.55 Å². The molecule has 17 heavy (non-hydrogen) atoms. The van der Waals surface area contributed by atoms with E-state index in [1.165, 1.54) is 4.57 Å². The van der Waals surface area contributed by atoms with Crippen molar-refractivity contribution in [3.63, 3.8) is 0 Å². The Hall–Kier alpha value is -2.08. The molecule has 0 bridgehead atoms. The first-order valence-corrected chi connectivity index (χ1v) is 5.15. The highest BCUT2D eigenvalue weighted by atomic mass is 16.4. The van der Waals surface area contributed by atoms with Gasteiger partial charge in [-0.15, -0.1) is 0 Å². The molecule has 90 valence electrons. The molecule has 0 fully saturated rings. The molecule has 0 aliphatic rings. The van der Waals surface area contributed by atoms with Crippen LogP contribution in [-0.4, -0.2) is 26.7 Å². The van der Waals surface area contributed by atoms with Crippen molar-refractivity contribution in [1.29, 1.82) is 0 Å². The summed E-state index contributed by atoms with van der Waals surface area (Å²) in [6.07, 6.45) is 0.241. The van der Waals surface area contributed by atoms with E-state index in [9.17, 15) is 9.59 Å². The fourth-order valence-corrected chi connectivity index (χ4v) is 1.74. The Morgan fingerprint density at radius 3 is 2.94 bits per heavy atom. The van der Waals surface area contributed by atoms with Crippen LogP contribution < -0.4 is 11.4 Å². The van der Waals surface area contributed by atoms with Gasteiger partial charge in [0, 0.05) is 7.05 Å². The van der Waals surface area contributed by atoms with E-state index in [1.807, 2.05) is 0 Å². The van der Waals surface area contributed by atoms with E-state index in [2.05, 4.69) is 4.98 Å². The number of fused-ring (bicyclic) bond motifs is 1. The topological polar surface area (TPSA) is 101 Å². The zero-order chi connectivity index (χ0) is 12.6. The van der Waals surface area contributed by atoms with Gasteiger partial charge in [0.15, 0.2) is 0 Å². The Morgan fingerprint density at radius 2 is 2.29 bits per heavy atom. The zero-order valence-corrected chi connectivity index (χ0v) is 9.30. The van der Waals surface area contributed by atoms with E-state index in [4.69, 9.17) is 10.8 Å². The summed E-state index contributed by atoms with van der Waals surface area (Å²) >= 11 is 0. The van der Waals surface area contributed by atoms with E-state index in [0.29, 0.717) is 0 Å². The number of aromatic amines is 1. The molecule has 1 unspecified atom stereocenters. The maximum atomic E-state index is 11.4. The SMILES string of the molecule is Cn1c(=O)[nH]c2ccc(CC(N)C(=O)O)cc21. The molecule has 0 saturated carbocycles. The number of hydrogen-bond acceptors (Lipinski definition) is 3. The van der Waals surface area contributed by atoms with Crippen LogP contribution in [0.4, 0.5) is 0 Å². The second kappa shape index (κ2) is 4.06. The van der Waals surface area contributed by atoms with Crippen molar-refractivity contribution < 1.29 is 9.90 Å². The Bertz CT molecular complexity index is 626. The van der Waals surface area contributed by atoms with Crippen LogP contribution in [0.1, 0.15) is 5.56 Å². The van der Waals surface area contributed by atoms with Crippen LogP contribution in [-0.2, 0) is 18.3 Å². The normalized spacial score (nSPS) is 12.8. The molecule has 1 aromatic carbocycles. The molecule has 0 aliphatic heterocycles. The summed E-state index contributed by atoms with van der Waals surface area (Å²) < 4.78 is 1.48. The molecule has 0 spiro atoms. The van der Waals surface area contributed by atoms with Crippen LogP contribution in [0.5, 0.6) is 0 Å². The number of carboxylic acid groups (broad SMARTS) is 1. The van der Waals surface area contributed by atoms with E-state index >= 15 is 0 Å². The molecule has 0 aliphatic carbocycles. The summed E-state index contributed by atoms with van der Waals surface area (Å²) in [5.74, 6) is -1.03. The highest BCUT2D eigenvalue weighted by molar-refractivity contribution is 5.77. The summed E-state index contributed by atoms with van der Waals surface area (Å²) in [6.45, 7) is 0. The number of H-pyrrole nitrogens is 1. The Kier molecular flexibility index (Phi) is 2.72. The number of aryl methyl sites for hydroxylation is 1. The number of benzene rings is 1. The lowest BCUT2D eigenvalue weighted by Gasteiger charge is -2.06. The van der Waals surface area contributed by atoms with Crippen LogP contribution in [0.25, 0.3) is 11.0 Å². The average molecular weight is 235 g/mol. The van der Waals surface area contributed by atoms with E-state index < -0.39 is 12.0 Å². The molecule has 2 rings (SSSR count). The number of aromatic nitrogens is 2. The summed E-state index contributed by atoms with van der Waals surface area (Å²) in [5.41, 5.74) is 7.53. The Labute approximate surface area is 96.7 Å². The molecule has 2 aromatic rings. The third kappa shape index (κ3) is 2.07. The number of rotatable bonds is 3. The summed E-state index contributed by atoms with van der Waals surface area (Å²) in [7, 11) is 1.65. The van der Waals surface area contributed by atoms with Crippen LogP contribution in [0.2, 0.25) is 0 Å². The highest BCUT2D eigenvalue weighted by Crippen LogP contribution is 2.13. The quantitative estimate of drug-likeness (QED) is 0.687. The number of nitrogens with zero attached hydrogens (tertiary/aromatic N) is 1. The number of nitrogens with one attached hydrogen (secondary N) is 1. The number of imidazole rings is 1. The first-order chi connectivity index (χ1) is 7.99. The summed E-state index contributed by atoms with van der Waals surface area (Å²) in [4.78, 5) is 24.7. The van der Waals surface area contributed by atoms with Gasteiger partial charge >= 0.3 is 11.7 Å². The highest BCUT2D eigenvalue weighted by Gasteiger charge is 2.13. The maximum absolute atomic E-state index is 11.4. The second-order valence-electron chi connectivity index (χ2n) is 3.99. The molecule has 1 aromatic heterocycles. The summed E-state index contributed by atoms with van der Waals surface area (Å²) in [5, 5.41) is 8.73. The van der Waals surface area contributed by atoms with Gasteiger partial charge in [-0.05, 0) is 24.1 Å². The molecular formula is C11H13N3O3. The molecule has 0 radical (unpaired) electrons. The molecule has 4 N–H and O–H groups in total. The van der Waals surface area contributed by atoms with Gasteiger partial charge in [-0.3, -0.25) is 9.36 Å². The molecule has 6 nitrogen and oxygen atoms in total. The number of carboxylic acids is 1. The van der Waals surface area contributed by atoms with Crippen molar-refractivity contribution >= 4 is 17.0 Å². The third-order valence-corrected chi connectivity index (χ3v) is 2.74. The van der Waals surface area contributed by atoms with E-state index in [0.717, 1.165) is 16.6 Å². The van der Waals surface area contributed by atoms with Crippen LogP contribution >= 0.6 is 0 Å². The summed E-state index contributed by atoms with van der Waals surface area (Å²) in [6, 6.07) is 4.36. The first kappa shape index (κ1) is 11.4. The van der Waals surface area contributed by atoms with Crippen LogP contribution in [0.3, 0.4) is 0 Å². The third-order valence-electron chi connectivity index (χ3n) is 2.74. The second-order valence-corrected chi connectivity index (χ2v) is 3.99. The van der Waals surface area contributed by atoms with E-state index in [1.54, 1.807) is 25.2 Å². The standard InChI is InChI=1S/C11H13N3O3/c1-14-9-5-6(4-7(12)10(15)16)2-3-8(9)13-11(14)17/h2-3,5,7H,4,12H2,1H3,(H,13,17)(H,15,16). The predicted octanol–water partition coefficient (Wildman–Crippen LogP) is -0.179. The van der Waals surface area contributed by atoms with Gasteiger partial charge in [-0.2, -0.15) is 0 Å². The minimum atomic E-state index is -1.03. The lowest BCUT2D eigenvalue weighted by atomic mass is 10.1. The van der Waals surface area contributed by atoms with Crippen LogP contribution in [0.15, 0.2) is 23.0 Å². The number of aliphatic carboxylic acids is 1. The number of hydrogen-bond donors (Lipinski definition) is 3. The number of carbonyl (C=O) groups is 1. The largest absolute Gasteiger partial charge is 0.480 e. The van der Waals surface area contributed by atoms with E-state index in [-0.39, 0.29) is 12.1 Å². The first-order valence-electron chi connectivity index (χ1n) is 5.15. The van der Waals surface area contributed by atoms with Crippen molar-refractivity contribution in [3.05, 3.63) is 34.2 Å². The molecule has 0 saturated heterocycles. The minimum absolute atomic E-state index is 0.195. The predicted molar refractivity (Wildman–Crippen MR) is 62.9 cm³/mol. The number of nitrogens with two attached hydrogens (primary N) is 1. The van der Waals surface area contributed by atoms with Crippen molar-refractivity contribution in [2.75, 3.05) is 0 Å². The fourth-order valence-electron chi connectivity index (χ4n) is 1.74. The van der Waals surface area contributed by atoms with Crippen molar-refractivity contribution in [3.8, 4) is 0 Å². The van der Waals surface area contributed by atoms with Gasteiger partial charge in [0.05, 0.1) is 11.0 Å². The van der Waals surface area contributed by atoms with Gasteiger partial charge in [-0.25, -0.2) is 4.79 Å². The fraction of sp³-hybridized carbons (Fsp3) is 0.273. The van der Waals surface area contributed by atoms with Gasteiger partial charge in [-0.1, -0.05) is 6.07 Å². The van der Waals surface area contributed by atoms with Crippen molar-refractivity contribution in [2.24, 2.45) is 12.8 Å². The molecule has 6 heteroatoms. The average Bonchev–Trinajstić information content (AvgIpc) is 2.55. The van der Waals surface area contributed by atoms with Gasteiger partial charge in [0.2, 0.25) is 0 Å². The lowest BCUT2D eigenvalue weighted by Crippen LogP contribution is -2.32. The lowest BCUT2D eigenvalue weighted by molar-refractivity contribution is -0.138. The van der Waals surface area contributed by atoms with Gasteiger partial charge in [0.25, 0.3) is 0 Å². The van der Waals surface area contributed by atoms with Crippen LogP contribution in [0, 0.1) is 0 Å². The zero-order valence-electron chi connectivity index (χ0n) is 9.30. The molecule has 1 heterocycles. The van der Waals surface area contributed by atoms with Gasteiger partial charge < -0.3 is 15.8 Å². The maximum Gasteiger partial charge on any atom is 0.326 e. The smallest absolute Gasteiger partial charge is 0.326 e. The molecular weight excluding hydrogens is 222 g/mol. The minimum Gasteiger partial charge on any atom is -0.480 e.